The van der Waals surface area contributed by atoms with E-state index >= 15 is 0 Å². The van der Waals surface area contributed by atoms with Crippen LogP contribution in [0.2, 0.25) is 0 Å². The number of hydrogen-bond donors (Lipinski definition) is 7. The number of aliphatic hydroxyl groups is 7. The Labute approximate surface area is 142 Å². The molecule has 11 heteroatoms. The van der Waals surface area contributed by atoms with E-state index in [1.54, 1.807) is 0 Å². The molecule has 25 heavy (non-hydrogen) atoms. The van der Waals surface area contributed by atoms with Gasteiger partial charge >= 0.3 is 0 Å². The van der Waals surface area contributed by atoms with Crippen molar-refractivity contribution in [2.45, 2.75) is 55.1 Å². The third-order valence-electron chi connectivity index (χ3n) is 4.69. The SMILES string of the molecule is OCC1C(O[C@@H]2O[C@H](CO)[C@@H](O)[C@H](O)[C@H]2O)C(O)C(O)c2nccn21. The highest BCUT2D eigenvalue weighted by Gasteiger charge is 2.49. The maximum absolute atomic E-state index is 10.3. The van der Waals surface area contributed by atoms with E-state index in [1.165, 1.54) is 17.0 Å². The first kappa shape index (κ1) is 18.6. The minimum absolute atomic E-state index is 0.153. The molecule has 3 rings (SSSR count). The van der Waals surface area contributed by atoms with Crippen molar-refractivity contribution in [2.24, 2.45) is 0 Å². The molecular formula is C14H22N2O9. The van der Waals surface area contributed by atoms with Crippen molar-refractivity contribution in [1.29, 1.82) is 0 Å². The van der Waals surface area contributed by atoms with Gasteiger partial charge in [-0.2, -0.15) is 0 Å². The largest absolute Gasteiger partial charge is 0.394 e. The Morgan fingerprint density at radius 1 is 1.00 bits per heavy atom. The molecule has 4 unspecified atom stereocenters. The maximum Gasteiger partial charge on any atom is 0.187 e. The van der Waals surface area contributed by atoms with Crippen LogP contribution in [0.15, 0.2) is 12.4 Å². The number of nitrogens with zero attached hydrogens (tertiary/aromatic N) is 2. The van der Waals surface area contributed by atoms with Crippen LogP contribution >= 0.6 is 0 Å². The molecule has 7 N–H and O–H groups in total. The minimum atomic E-state index is -1.66. The molecule has 0 bridgehead atoms. The van der Waals surface area contributed by atoms with Crippen molar-refractivity contribution in [2.75, 3.05) is 13.2 Å². The third-order valence-corrected chi connectivity index (χ3v) is 4.69. The van der Waals surface area contributed by atoms with Gasteiger partial charge in [-0.1, -0.05) is 0 Å². The second-order valence-electron chi connectivity index (χ2n) is 6.18. The second kappa shape index (κ2) is 7.23. The van der Waals surface area contributed by atoms with E-state index in [2.05, 4.69) is 4.98 Å². The van der Waals surface area contributed by atoms with Crippen LogP contribution in [0.1, 0.15) is 18.0 Å². The summed E-state index contributed by atoms with van der Waals surface area (Å²) in [7, 11) is 0. The maximum atomic E-state index is 10.3. The molecule has 0 spiro atoms. The van der Waals surface area contributed by atoms with Gasteiger partial charge in [-0.15, -0.1) is 0 Å². The summed E-state index contributed by atoms with van der Waals surface area (Å²) in [6.45, 7) is -1.09. The highest BCUT2D eigenvalue weighted by molar-refractivity contribution is 5.09. The van der Waals surface area contributed by atoms with Gasteiger partial charge in [0.1, 0.15) is 48.6 Å². The van der Waals surface area contributed by atoms with E-state index in [0.29, 0.717) is 0 Å². The first-order chi connectivity index (χ1) is 11.9. The summed E-state index contributed by atoms with van der Waals surface area (Å²) in [6.07, 6.45) is -8.72. The molecule has 1 aromatic heterocycles. The zero-order valence-electron chi connectivity index (χ0n) is 13.1. The van der Waals surface area contributed by atoms with Crippen LogP contribution in [0.5, 0.6) is 0 Å². The lowest BCUT2D eigenvalue weighted by atomic mass is 9.95. The van der Waals surface area contributed by atoms with Crippen molar-refractivity contribution in [3.05, 3.63) is 18.2 Å². The second-order valence-corrected chi connectivity index (χ2v) is 6.18. The van der Waals surface area contributed by atoms with Crippen LogP contribution in [-0.4, -0.2) is 101 Å². The zero-order chi connectivity index (χ0) is 18.3. The fraction of sp³-hybridized carbons (Fsp3) is 0.786. The first-order valence-corrected chi connectivity index (χ1v) is 7.86. The summed E-state index contributed by atoms with van der Waals surface area (Å²) in [5.41, 5.74) is 0. The van der Waals surface area contributed by atoms with E-state index in [1.807, 2.05) is 0 Å². The number of ether oxygens (including phenoxy) is 2. The van der Waals surface area contributed by atoms with E-state index in [0.717, 1.165) is 0 Å². The quantitative estimate of drug-likeness (QED) is 0.279. The van der Waals surface area contributed by atoms with Gasteiger partial charge in [0, 0.05) is 12.4 Å². The molecule has 0 aromatic carbocycles. The summed E-state index contributed by atoms with van der Waals surface area (Å²) in [5, 5.41) is 69.0. The molecule has 0 saturated carbocycles. The number of rotatable bonds is 4. The fourth-order valence-electron chi connectivity index (χ4n) is 3.25. The van der Waals surface area contributed by atoms with Gasteiger partial charge in [-0.3, -0.25) is 0 Å². The molecule has 1 saturated heterocycles. The van der Waals surface area contributed by atoms with Gasteiger partial charge in [0.2, 0.25) is 0 Å². The van der Waals surface area contributed by atoms with E-state index in [9.17, 15) is 35.7 Å². The Hall–Kier alpha value is -1.15. The van der Waals surface area contributed by atoms with E-state index in [-0.39, 0.29) is 5.82 Å². The predicted octanol–water partition coefficient (Wildman–Crippen LogP) is -3.99. The molecule has 1 fully saturated rings. The minimum Gasteiger partial charge on any atom is -0.394 e. The Balaban J connectivity index is 1.83. The molecule has 1 aromatic rings. The summed E-state index contributed by atoms with van der Waals surface area (Å²) in [4.78, 5) is 3.93. The van der Waals surface area contributed by atoms with Crippen molar-refractivity contribution in [3.63, 3.8) is 0 Å². The van der Waals surface area contributed by atoms with Gasteiger partial charge in [0.05, 0.1) is 19.3 Å². The molecule has 9 atom stereocenters. The summed E-state index contributed by atoms with van der Waals surface area (Å²) in [5.74, 6) is 0.153. The number of fused-ring (bicyclic) bond motifs is 1. The molecule has 2 aliphatic rings. The summed E-state index contributed by atoms with van der Waals surface area (Å²) < 4.78 is 12.2. The Kier molecular flexibility index (Phi) is 5.39. The lowest BCUT2D eigenvalue weighted by Gasteiger charge is -2.44. The van der Waals surface area contributed by atoms with Gasteiger partial charge in [0.25, 0.3) is 0 Å². The normalized spacial score (nSPS) is 44.5. The molecule has 3 heterocycles. The van der Waals surface area contributed by atoms with Crippen LogP contribution in [-0.2, 0) is 9.47 Å². The zero-order valence-corrected chi connectivity index (χ0v) is 13.1. The van der Waals surface area contributed by atoms with Crippen molar-refractivity contribution in [1.82, 2.24) is 9.55 Å². The fourth-order valence-corrected chi connectivity index (χ4v) is 3.25. The van der Waals surface area contributed by atoms with Crippen LogP contribution in [0.4, 0.5) is 0 Å². The van der Waals surface area contributed by atoms with Gasteiger partial charge in [-0.25, -0.2) is 4.98 Å². The molecule has 0 radical (unpaired) electrons. The molecule has 0 aliphatic carbocycles. The molecule has 2 aliphatic heterocycles. The van der Waals surface area contributed by atoms with Gasteiger partial charge < -0.3 is 49.8 Å². The number of hydrogen-bond acceptors (Lipinski definition) is 10. The van der Waals surface area contributed by atoms with Crippen molar-refractivity contribution < 1.29 is 45.2 Å². The topological polar surface area (TPSA) is 178 Å². The molecular weight excluding hydrogens is 340 g/mol. The molecule has 11 nitrogen and oxygen atoms in total. The summed E-state index contributed by atoms with van der Waals surface area (Å²) >= 11 is 0. The Bertz CT molecular complexity index is 582. The number of imidazole rings is 1. The highest BCUT2D eigenvalue weighted by Crippen LogP contribution is 2.35. The Morgan fingerprint density at radius 2 is 1.72 bits per heavy atom. The number of aromatic nitrogens is 2. The van der Waals surface area contributed by atoms with Crippen molar-refractivity contribution >= 4 is 0 Å². The monoisotopic (exact) mass is 362 g/mol. The van der Waals surface area contributed by atoms with Crippen LogP contribution in [0, 0.1) is 0 Å². The molecule has 0 amide bonds. The van der Waals surface area contributed by atoms with Crippen LogP contribution in [0.25, 0.3) is 0 Å². The average Bonchev–Trinajstić information content (AvgIpc) is 3.09. The van der Waals surface area contributed by atoms with Gasteiger partial charge in [0.15, 0.2) is 6.29 Å². The molecule has 142 valence electrons. The smallest absolute Gasteiger partial charge is 0.187 e. The summed E-state index contributed by atoms with van der Waals surface area (Å²) in [6, 6.07) is -0.830. The number of aliphatic hydroxyl groups excluding tert-OH is 7. The van der Waals surface area contributed by atoms with E-state index < -0.39 is 68.3 Å². The lowest BCUT2D eigenvalue weighted by molar-refractivity contribution is -0.325. The Morgan fingerprint density at radius 3 is 2.36 bits per heavy atom. The average molecular weight is 362 g/mol. The third kappa shape index (κ3) is 3.07. The lowest BCUT2D eigenvalue weighted by Crippen LogP contribution is -2.61. The van der Waals surface area contributed by atoms with E-state index in [4.69, 9.17) is 9.47 Å². The first-order valence-electron chi connectivity index (χ1n) is 7.86. The van der Waals surface area contributed by atoms with Gasteiger partial charge in [-0.05, 0) is 0 Å². The van der Waals surface area contributed by atoms with Crippen LogP contribution < -0.4 is 0 Å². The van der Waals surface area contributed by atoms with Crippen molar-refractivity contribution in [3.8, 4) is 0 Å². The predicted molar refractivity (Wildman–Crippen MR) is 78.0 cm³/mol. The standard InChI is InChI=1S/C14H22N2O9/c17-3-5-12(9(21)10(22)13-15-1-2-16(5)13)25-14-11(23)8(20)7(19)6(4-18)24-14/h1-2,5-12,14,17-23H,3-4H2/t5?,6-,7-,8+,9?,10?,11-,12?,14+/m1/s1. The van der Waals surface area contributed by atoms with Crippen LogP contribution in [0.3, 0.4) is 0 Å². The highest BCUT2D eigenvalue weighted by atomic mass is 16.7.